The molecule has 1 unspecified atom stereocenters. The van der Waals surface area contributed by atoms with E-state index in [2.05, 4.69) is 16.1 Å². The van der Waals surface area contributed by atoms with Gasteiger partial charge in [0, 0.05) is 31.7 Å². The van der Waals surface area contributed by atoms with E-state index >= 15 is 0 Å². The number of nitrogens with two attached hydrogens (primary N) is 1. The van der Waals surface area contributed by atoms with E-state index in [1.807, 2.05) is 32.7 Å². The van der Waals surface area contributed by atoms with Crippen molar-refractivity contribution in [1.82, 2.24) is 14.7 Å². The highest BCUT2D eigenvalue weighted by molar-refractivity contribution is 5.09. The fraction of sp³-hybridized carbons (Fsp3) is 0.700. The van der Waals surface area contributed by atoms with Gasteiger partial charge in [0.05, 0.1) is 5.69 Å². The summed E-state index contributed by atoms with van der Waals surface area (Å²) in [5.74, 6) is 0. The van der Waals surface area contributed by atoms with Crippen LogP contribution in [0.2, 0.25) is 0 Å². The quantitative estimate of drug-likeness (QED) is 0.746. The van der Waals surface area contributed by atoms with Crippen LogP contribution < -0.4 is 5.73 Å². The first-order chi connectivity index (χ1) is 6.49. The highest BCUT2D eigenvalue weighted by Gasteiger charge is 2.08. The first-order valence-electron chi connectivity index (χ1n) is 4.89. The van der Waals surface area contributed by atoms with Crippen molar-refractivity contribution >= 4 is 0 Å². The Balaban J connectivity index is 2.55. The first-order valence-corrected chi connectivity index (χ1v) is 4.89. The third-order valence-corrected chi connectivity index (χ3v) is 2.17. The van der Waals surface area contributed by atoms with Crippen LogP contribution in [0.1, 0.15) is 11.4 Å². The van der Waals surface area contributed by atoms with E-state index in [1.54, 1.807) is 0 Å². The summed E-state index contributed by atoms with van der Waals surface area (Å²) in [5, 5.41) is 4.29. The summed E-state index contributed by atoms with van der Waals surface area (Å²) in [7, 11) is 6.04. The zero-order valence-corrected chi connectivity index (χ0v) is 9.49. The van der Waals surface area contributed by atoms with Gasteiger partial charge in [-0.05, 0) is 27.1 Å². The van der Waals surface area contributed by atoms with Crippen LogP contribution in [0, 0.1) is 6.92 Å². The molecule has 0 bridgehead atoms. The molecule has 0 aromatic carbocycles. The summed E-state index contributed by atoms with van der Waals surface area (Å²) >= 11 is 0. The molecule has 1 rings (SSSR count). The summed E-state index contributed by atoms with van der Waals surface area (Å²) in [6.45, 7) is 2.91. The first kappa shape index (κ1) is 11.2. The Morgan fingerprint density at radius 3 is 2.64 bits per heavy atom. The van der Waals surface area contributed by atoms with Crippen LogP contribution in [0.5, 0.6) is 0 Å². The van der Waals surface area contributed by atoms with Crippen molar-refractivity contribution in [3.8, 4) is 0 Å². The smallest absolute Gasteiger partial charge is 0.0596 e. The highest BCUT2D eigenvalue weighted by atomic mass is 15.3. The van der Waals surface area contributed by atoms with Gasteiger partial charge in [-0.2, -0.15) is 5.10 Å². The number of hydrogen-bond acceptors (Lipinski definition) is 3. The molecule has 0 aliphatic rings. The van der Waals surface area contributed by atoms with Gasteiger partial charge in [0.15, 0.2) is 0 Å². The van der Waals surface area contributed by atoms with Crippen LogP contribution in [-0.4, -0.2) is 41.4 Å². The summed E-state index contributed by atoms with van der Waals surface area (Å²) in [5.41, 5.74) is 8.26. The predicted molar refractivity (Wildman–Crippen MR) is 58.2 cm³/mol. The molecule has 0 amide bonds. The number of aromatic nitrogens is 2. The minimum absolute atomic E-state index is 0.180. The third-order valence-electron chi connectivity index (χ3n) is 2.17. The van der Waals surface area contributed by atoms with Crippen LogP contribution in [0.3, 0.4) is 0 Å². The molecule has 0 fully saturated rings. The van der Waals surface area contributed by atoms with Crippen LogP contribution in [0.4, 0.5) is 0 Å². The maximum absolute atomic E-state index is 6.00. The summed E-state index contributed by atoms with van der Waals surface area (Å²) in [6, 6.07) is 2.27. The second-order valence-corrected chi connectivity index (χ2v) is 4.13. The fourth-order valence-corrected chi connectivity index (χ4v) is 1.66. The lowest BCUT2D eigenvalue weighted by Crippen LogP contribution is -2.35. The van der Waals surface area contributed by atoms with Crippen molar-refractivity contribution in [3.63, 3.8) is 0 Å². The number of nitrogens with zero attached hydrogens (tertiary/aromatic N) is 3. The van der Waals surface area contributed by atoms with Gasteiger partial charge in [-0.3, -0.25) is 4.68 Å². The number of likely N-dealkylation sites (N-methyl/N-ethyl adjacent to an activating group) is 1. The molecule has 1 atom stereocenters. The lowest BCUT2D eigenvalue weighted by molar-refractivity contribution is 0.368. The van der Waals surface area contributed by atoms with E-state index in [9.17, 15) is 0 Å². The maximum atomic E-state index is 6.00. The van der Waals surface area contributed by atoms with E-state index in [1.165, 1.54) is 5.69 Å². The lowest BCUT2D eigenvalue weighted by Gasteiger charge is -2.16. The summed E-state index contributed by atoms with van der Waals surface area (Å²) in [6.07, 6.45) is 0.884. The molecule has 0 saturated heterocycles. The molecule has 0 saturated carbocycles. The molecular formula is C10H20N4. The maximum Gasteiger partial charge on any atom is 0.0596 e. The molecule has 80 valence electrons. The summed E-state index contributed by atoms with van der Waals surface area (Å²) in [4.78, 5) is 2.11. The Kier molecular flexibility index (Phi) is 3.66. The molecule has 0 aliphatic heterocycles. The monoisotopic (exact) mass is 196 g/mol. The van der Waals surface area contributed by atoms with Crippen molar-refractivity contribution in [2.24, 2.45) is 12.8 Å². The Hall–Kier alpha value is -0.870. The predicted octanol–water partition coefficient (Wildman–Crippen LogP) is 0.160. The van der Waals surface area contributed by atoms with Crippen molar-refractivity contribution in [1.29, 1.82) is 0 Å². The van der Waals surface area contributed by atoms with Gasteiger partial charge in [-0.15, -0.1) is 0 Å². The third kappa shape index (κ3) is 3.12. The normalized spacial score (nSPS) is 13.6. The molecule has 2 N–H and O–H groups in total. The van der Waals surface area contributed by atoms with E-state index in [0.29, 0.717) is 0 Å². The second-order valence-electron chi connectivity index (χ2n) is 4.13. The molecule has 4 heteroatoms. The van der Waals surface area contributed by atoms with Gasteiger partial charge in [0.2, 0.25) is 0 Å². The van der Waals surface area contributed by atoms with Gasteiger partial charge in [0.1, 0.15) is 0 Å². The standard InChI is InChI=1S/C10H20N4/c1-8-5-10(14(4)12-8)6-9(11)7-13(2)3/h5,9H,6-7,11H2,1-4H3. The zero-order chi connectivity index (χ0) is 10.7. The number of hydrogen-bond donors (Lipinski definition) is 1. The average molecular weight is 196 g/mol. The Labute approximate surface area is 85.7 Å². The van der Waals surface area contributed by atoms with E-state index in [4.69, 9.17) is 5.73 Å². The van der Waals surface area contributed by atoms with E-state index in [-0.39, 0.29) is 6.04 Å². The Morgan fingerprint density at radius 2 is 2.21 bits per heavy atom. The Morgan fingerprint density at radius 1 is 1.57 bits per heavy atom. The molecule has 0 radical (unpaired) electrons. The van der Waals surface area contributed by atoms with Crippen molar-refractivity contribution in [2.45, 2.75) is 19.4 Å². The number of aryl methyl sites for hydroxylation is 2. The van der Waals surface area contributed by atoms with Gasteiger partial charge in [0.25, 0.3) is 0 Å². The molecule has 0 aliphatic carbocycles. The minimum atomic E-state index is 0.180. The van der Waals surface area contributed by atoms with Gasteiger partial charge in [-0.25, -0.2) is 0 Å². The molecule has 1 heterocycles. The van der Waals surface area contributed by atoms with E-state index in [0.717, 1.165) is 18.7 Å². The van der Waals surface area contributed by atoms with Crippen molar-refractivity contribution in [3.05, 3.63) is 17.5 Å². The van der Waals surface area contributed by atoms with Gasteiger partial charge >= 0.3 is 0 Å². The van der Waals surface area contributed by atoms with Crippen LogP contribution in [0.15, 0.2) is 6.07 Å². The molecule has 4 nitrogen and oxygen atoms in total. The highest BCUT2D eigenvalue weighted by Crippen LogP contribution is 2.04. The minimum Gasteiger partial charge on any atom is -0.326 e. The van der Waals surface area contributed by atoms with E-state index < -0.39 is 0 Å². The largest absolute Gasteiger partial charge is 0.326 e. The SMILES string of the molecule is Cc1cc(CC(N)CN(C)C)n(C)n1. The van der Waals surface area contributed by atoms with Gasteiger partial charge < -0.3 is 10.6 Å². The summed E-state index contributed by atoms with van der Waals surface area (Å²) < 4.78 is 1.91. The molecule has 14 heavy (non-hydrogen) atoms. The molecule has 0 spiro atoms. The zero-order valence-electron chi connectivity index (χ0n) is 9.49. The fourth-order valence-electron chi connectivity index (χ4n) is 1.66. The van der Waals surface area contributed by atoms with Crippen LogP contribution in [0.25, 0.3) is 0 Å². The Bertz CT molecular complexity index is 290. The average Bonchev–Trinajstić information content (AvgIpc) is 2.28. The topological polar surface area (TPSA) is 47.1 Å². The molecular weight excluding hydrogens is 176 g/mol. The van der Waals surface area contributed by atoms with Crippen LogP contribution >= 0.6 is 0 Å². The molecule has 1 aromatic heterocycles. The molecule has 1 aromatic rings. The van der Waals surface area contributed by atoms with Crippen molar-refractivity contribution < 1.29 is 0 Å². The number of rotatable bonds is 4. The second kappa shape index (κ2) is 4.57. The lowest BCUT2D eigenvalue weighted by atomic mass is 10.1. The van der Waals surface area contributed by atoms with Crippen LogP contribution in [-0.2, 0) is 13.5 Å². The van der Waals surface area contributed by atoms with Crippen molar-refractivity contribution in [2.75, 3.05) is 20.6 Å². The van der Waals surface area contributed by atoms with Gasteiger partial charge in [-0.1, -0.05) is 0 Å².